The van der Waals surface area contributed by atoms with Gasteiger partial charge in [-0.1, -0.05) is 164 Å². The van der Waals surface area contributed by atoms with Crippen LogP contribution in [0.15, 0.2) is 200 Å². The number of nitriles is 2. The van der Waals surface area contributed by atoms with Crippen molar-refractivity contribution in [3.05, 3.63) is 234 Å². The predicted molar refractivity (Wildman–Crippen MR) is 250 cm³/mol. The van der Waals surface area contributed by atoms with Crippen molar-refractivity contribution in [2.24, 2.45) is 0 Å². The molecule has 0 fully saturated rings. The van der Waals surface area contributed by atoms with Crippen LogP contribution in [0.2, 0.25) is 0 Å². The van der Waals surface area contributed by atoms with Gasteiger partial charge in [0.05, 0.1) is 28.7 Å². The maximum Gasteiger partial charge on any atom is 0.164 e. The number of hydrogen-bond donors (Lipinski definition) is 0. The van der Waals surface area contributed by atoms with E-state index < -0.39 is 5.41 Å². The lowest BCUT2D eigenvalue weighted by molar-refractivity contribution is 0.795. The first kappa shape index (κ1) is 36.1. The molecule has 0 bridgehead atoms. The Kier molecular flexibility index (Phi) is 8.12. The minimum atomic E-state index is -0.738. The van der Waals surface area contributed by atoms with Gasteiger partial charge in [-0.2, -0.15) is 10.5 Å². The maximum absolute atomic E-state index is 9.73. The lowest BCUT2D eigenvalue weighted by Crippen LogP contribution is -2.26. The summed E-state index contributed by atoms with van der Waals surface area (Å²) in [6.07, 6.45) is 0. The number of fused-ring (bicyclic) bond motifs is 12. The van der Waals surface area contributed by atoms with Crippen molar-refractivity contribution in [3.8, 4) is 90.8 Å². The van der Waals surface area contributed by atoms with Gasteiger partial charge in [-0.3, -0.25) is 0 Å². The standard InChI is InChI=1S/C58H33N5/c59-34-36-22-26-38(27-23-36)43-19-11-21-50-53(43)46-18-9-10-20-49(46)58(50)51-32-42(57-62-55(40-12-3-1-4-13-40)61-56(63-57)41-14-5-2-6-15-41)30-31-47(51)54-45-17-8-7-16-44(45)48(33-52(54)58)39-28-24-37(35-60)25-29-39/h1-33H. The summed E-state index contributed by atoms with van der Waals surface area (Å²) < 4.78 is 0. The fourth-order valence-corrected chi connectivity index (χ4v) is 10.1. The molecule has 10 aromatic rings. The van der Waals surface area contributed by atoms with Gasteiger partial charge in [-0.05, 0) is 114 Å². The monoisotopic (exact) mass is 799 g/mol. The van der Waals surface area contributed by atoms with E-state index in [1.807, 2.05) is 84.9 Å². The second-order valence-electron chi connectivity index (χ2n) is 16.1. The average molecular weight is 800 g/mol. The molecule has 12 rings (SSSR count). The van der Waals surface area contributed by atoms with Crippen LogP contribution in [0.25, 0.3) is 89.4 Å². The van der Waals surface area contributed by atoms with E-state index >= 15 is 0 Å². The van der Waals surface area contributed by atoms with Gasteiger partial charge in [-0.15, -0.1) is 0 Å². The quantitative estimate of drug-likeness (QED) is 0.173. The summed E-state index contributed by atoms with van der Waals surface area (Å²) in [4.78, 5) is 15.4. The van der Waals surface area contributed by atoms with Crippen LogP contribution in [0.3, 0.4) is 0 Å². The molecule has 2 aliphatic rings. The average Bonchev–Trinajstić information content (AvgIpc) is 3.84. The van der Waals surface area contributed by atoms with Crippen LogP contribution in [0.5, 0.6) is 0 Å². The highest BCUT2D eigenvalue weighted by Crippen LogP contribution is 2.66. The van der Waals surface area contributed by atoms with Gasteiger partial charge in [0.25, 0.3) is 0 Å². The molecule has 1 spiro atoms. The summed E-state index contributed by atoms with van der Waals surface area (Å²) in [7, 11) is 0. The molecule has 5 heteroatoms. The molecule has 0 radical (unpaired) electrons. The number of hydrogen-bond acceptors (Lipinski definition) is 5. The Morgan fingerprint density at radius 3 is 1.44 bits per heavy atom. The third kappa shape index (κ3) is 5.44. The largest absolute Gasteiger partial charge is 0.208 e. The Bertz CT molecular complexity index is 3510. The minimum Gasteiger partial charge on any atom is -0.208 e. The van der Waals surface area contributed by atoms with Crippen molar-refractivity contribution >= 4 is 10.8 Å². The molecule has 0 aliphatic heterocycles. The molecule has 290 valence electrons. The molecule has 0 saturated carbocycles. The Hall–Kier alpha value is -8.77. The summed E-state index contributed by atoms with van der Waals surface area (Å²) in [6, 6.07) is 74.0. The van der Waals surface area contributed by atoms with Gasteiger partial charge >= 0.3 is 0 Å². The zero-order valence-corrected chi connectivity index (χ0v) is 33.8. The highest BCUT2D eigenvalue weighted by atomic mass is 15.0. The Labute approximate surface area is 364 Å². The molecule has 1 atom stereocenters. The van der Waals surface area contributed by atoms with E-state index in [1.165, 1.54) is 33.4 Å². The van der Waals surface area contributed by atoms with Gasteiger partial charge in [-0.25, -0.2) is 15.0 Å². The molecular weight excluding hydrogens is 767 g/mol. The van der Waals surface area contributed by atoms with E-state index in [-0.39, 0.29) is 0 Å². The van der Waals surface area contributed by atoms with Crippen LogP contribution in [-0.4, -0.2) is 15.0 Å². The number of rotatable bonds is 5. The van der Waals surface area contributed by atoms with Crippen LogP contribution in [0.4, 0.5) is 0 Å². The Balaban J connectivity index is 1.19. The summed E-state index contributed by atoms with van der Waals surface area (Å²) in [6.45, 7) is 0. The lowest BCUT2D eigenvalue weighted by Gasteiger charge is -2.31. The highest BCUT2D eigenvalue weighted by molar-refractivity contribution is 6.12. The van der Waals surface area contributed by atoms with Gasteiger partial charge in [0.2, 0.25) is 0 Å². The van der Waals surface area contributed by atoms with Crippen LogP contribution < -0.4 is 0 Å². The van der Waals surface area contributed by atoms with E-state index in [9.17, 15) is 10.5 Å². The molecule has 1 aromatic heterocycles. The maximum atomic E-state index is 9.73. The molecule has 2 aliphatic carbocycles. The van der Waals surface area contributed by atoms with Gasteiger partial charge in [0, 0.05) is 16.7 Å². The Morgan fingerprint density at radius 1 is 0.317 bits per heavy atom. The topological polar surface area (TPSA) is 86.2 Å². The van der Waals surface area contributed by atoms with E-state index in [4.69, 9.17) is 15.0 Å². The van der Waals surface area contributed by atoms with Crippen LogP contribution in [0, 0.1) is 22.7 Å². The van der Waals surface area contributed by atoms with E-state index in [2.05, 4.69) is 127 Å². The van der Waals surface area contributed by atoms with Crippen molar-refractivity contribution in [2.75, 3.05) is 0 Å². The SMILES string of the molecule is N#Cc1ccc(-c2cccc3c2-c2ccccc2C32c3cc(-c4nc(-c5ccccc5)nc(-c5ccccc5)n4)ccc3-c3c2cc(-c2ccc(C#N)cc2)c2ccccc32)cc1. The van der Waals surface area contributed by atoms with Gasteiger partial charge in [0.1, 0.15) is 0 Å². The first-order valence-electron chi connectivity index (χ1n) is 21.0. The molecule has 1 unspecified atom stereocenters. The number of nitrogens with zero attached hydrogens (tertiary/aromatic N) is 5. The normalized spacial score (nSPS) is 14.1. The first-order chi connectivity index (χ1) is 31.1. The number of benzene rings is 9. The lowest BCUT2D eigenvalue weighted by atomic mass is 9.69. The first-order valence-corrected chi connectivity index (χ1v) is 21.0. The molecule has 0 amide bonds. The summed E-state index contributed by atoms with van der Waals surface area (Å²) >= 11 is 0. The number of aromatic nitrogens is 3. The summed E-state index contributed by atoms with van der Waals surface area (Å²) in [5, 5.41) is 21.7. The van der Waals surface area contributed by atoms with Crippen molar-refractivity contribution in [1.82, 2.24) is 15.0 Å². The fourth-order valence-electron chi connectivity index (χ4n) is 10.1. The van der Waals surface area contributed by atoms with E-state index in [1.54, 1.807) is 0 Å². The minimum absolute atomic E-state index is 0.595. The van der Waals surface area contributed by atoms with Crippen molar-refractivity contribution in [3.63, 3.8) is 0 Å². The third-order valence-electron chi connectivity index (χ3n) is 12.8. The molecule has 1 heterocycles. The van der Waals surface area contributed by atoms with E-state index in [0.717, 1.165) is 60.8 Å². The zero-order valence-electron chi connectivity index (χ0n) is 33.8. The van der Waals surface area contributed by atoms with Crippen molar-refractivity contribution in [2.45, 2.75) is 5.41 Å². The smallest absolute Gasteiger partial charge is 0.164 e. The third-order valence-corrected chi connectivity index (χ3v) is 12.8. The van der Waals surface area contributed by atoms with Crippen LogP contribution >= 0.6 is 0 Å². The predicted octanol–water partition coefficient (Wildman–Crippen LogP) is 13.4. The van der Waals surface area contributed by atoms with Crippen LogP contribution in [0.1, 0.15) is 33.4 Å². The Morgan fingerprint density at radius 2 is 0.810 bits per heavy atom. The zero-order chi connectivity index (χ0) is 42.1. The fraction of sp³-hybridized carbons (Fsp3) is 0.0172. The van der Waals surface area contributed by atoms with Gasteiger partial charge in [0.15, 0.2) is 17.5 Å². The highest BCUT2D eigenvalue weighted by Gasteiger charge is 2.53. The van der Waals surface area contributed by atoms with Crippen molar-refractivity contribution < 1.29 is 0 Å². The molecule has 5 nitrogen and oxygen atoms in total. The molecule has 9 aromatic carbocycles. The summed E-state index contributed by atoms with van der Waals surface area (Å²) in [5.74, 6) is 1.82. The van der Waals surface area contributed by atoms with Gasteiger partial charge < -0.3 is 0 Å². The molecule has 63 heavy (non-hydrogen) atoms. The second kappa shape index (κ2) is 14.2. The molecular formula is C58H33N5. The molecule has 0 N–H and O–H groups in total. The van der Waals surface area contributed by atoms with E-state index in [0.29, 0.717) is 28.6 Å². The summed E-state index contributed by atoms with van der Waals surface area (Å²) in [5.41, 5.74) is 17.0. The molecule has 0 saturated heterocycles. The second-order valence-corrected chi connectivity index (χ2v) is 16.1. The van der Waals surface area contributed by atoms with Crippen molar-refractivity contribution in [1.29, 1.82) is 10.5 Å². The van der Waals surface area contributed by atoms with Crippen LogP contribution in [-0.2, 0) is 5.41 Å².